The number of aryl methyl sites for hydroxylation is 2. The molecule has 0 bridgehead atoms. The van der Waals surface area contributed by atoms with Gasteiger partial charge in [-0.3, -0.25) is 4.79 Å². The number of thioether (sulfide) groups is 1. The summed E-state index contributed by atoms with van der Waals surface area (Å²) in [7, 11) is 0. The molecule has 1 amide bonds. The third-order valence-electron chi connectivity index (χ3n) is 3.98. The van der Waals surface area contributed by atoms with Crippen molar-refractivity contribution in [2.45, 2.75) is 39.0 Å². The van der Waals surface area contributed by atoms with Gasteiger partial charge in [0.25, 0.3) is 0 Å². The molecule has 1 atom stereocenters. The zero-order valence-corrected chi connectivity index (χ0v) is 15.0. The van der Waals surface area contributed by atoms with Crippen molar-refractivity contribution in [3.63, 3.8) is 0 Å². The van der Waals surface area contributed by atoms with Gasteiger partial charge in [-0.25, -0.2) is 0 Å². The summed E-state index contributed by atoms with van der Waals surface area (Å²) in [6, 6.07) is 16.8. The van der Waals surface area contributed by atoms with Gasteiger partial charge in [-0.05, 0) is 37.0 Å². The number of benzene rings is 2. The van der Waals surface area contributed by atoms with E-state index in [1.54, 1.807) is 11.8 Å². The third kappa shape index (κ3) is 5.43. The fourth-order valence-electron chi connectivity index (χ4n) is 2.48. The van der Waals surface area contributed by atoms with Gasteiger partial charge in [0, 0.05) is 5.75 Å². The van der Waals surface area contributed by atoms with Crippen LogP contribution in [-0.4, -0.2) is 11.7 Å². The monoisotopic (exact) mass is 327 g/mol. The fourth-order valence-corrected chi connectivity index (χ4v) is 3.40. The highest BCUT2D eigenvalue weighted by Gasteiger charge is 2.12. The number of amides is 1. The molecule has 2 rings (SSSR count). The van der Waals surface area contributed by atoms with E-state index in [9.17, 15) is 4.79 Å². The van der Waals surface area contributed by atoms with Crippen molar-refractivity contribution >= 4 is 17.7 Å². The van der Waals surface area contributed by atoms with Gasteiger partial charge in [-0.1, -0.05) is 61.0 Å². The van der Waals surface area contributed by atoms with Crippen molar-refractivity contribution in [3.05, 3.63) is 70.8 Å². The summed E-state index contributed by atoms with van der Waals surface area (Å²) in [4.78, 5) is 12.2. The predicted octanol–water partition coefficient (Wildman–Crippen LogP) is 4.80. The van der Waals surface area contributed by atoms with Crippen molar-refractivity contribution < 1.29 is 4.79 Å². The van der Waals surface area contributed by atoms with Crippen LogP contribution >= 0.6 is 11.8 Å². The van der Waals surface area contributed by atoms with E-state index in [2.05, 4.69) is 62.5 Å². The molecule has 0 saturated carbocycles. The summed E-state index contributed by atoms with van der Waals surface area (Å²) in [6.07, 6.45) is 0.900. The second-order valence-corrected chi connectivity index (χ2v) is 6.84. The highest BCUT2D eigenvalue weighted by Crippen LogP contribution is 2.19. The molecular formula is C20H25NOS. The van der Waals surface area contributed by atoms with Gasteiger partial charge in [0.15, 0.2) is 0 Å². The molecule has 0 radical (unpaired) electrons. The van der Waals surface area contributed by atoms with Crippen LogP contribution in [0, 0.1) is 13.8 Å². The van der Waals surface area contributed by atoms with Crippen LogP contribution in [0.5, 0.6) is 0 Å². The lowest BCUT2D eigenvalue weighted by atomic mass is 10.0. The Labute approximate surface area is 143 Å². The molecule has 122 valence electrons. The van der Waals surface area contributed by atoms with Crippen LogP contribution in [0.1, 0.15) is 41.6 Å². The summed E-state index contributed by atoms with van der Waals surface area (Å²) in [6.45, 7) is 6.29. The van der Waals surface area contributed by atoms with Crippen LogP contribution in [-0.2, 0) is 10.5 Å². The second-order valence-electron chi connectivity index (χ2n) is 5.86. The molecule has 2 aromatic carbocycles. The summed E-state index contributed by atoms with van der Waals surface area (Å²) in [5.41, 5.74) is 5.00. The Bertz CT molecular complexity index is 636. The summed E-state index contributed by atoms with van der Waals surface area (Å²) in [5, 5.41) is 3.14. The smallest absolute Gasteiger partial charge is 0.230 e. The zero-order valence-electron chi connectivity index (χ0n) is 14.1. The number of hydrogen-bond donors (Lipinski definition) is 1. The highest BCUT2D eigenvalue weighted by atomic mass is 32.2. The van der Waals surface area contributed by atoms with Crippen LogP contribution in [0.25, 0.3) is 0 Å². The average Bonchev–Trinajstić information content (AvgIpc) is 2.55. The standard InChI is InChI=1S/C20H25NOS/c1-4-19(17-11-9-15(2)10-12-17)21-20(22)14-23-13-18-8-6-5-7-16(18)3/h5-12,19H,4,13-14H2,1-3H3,(H,21,22)/t19-/m0/s1. The number of carbonyl (C=O) groups is 1. The van der Waals surface area contributed by atoms with E-state index < -0.39 is 0 Å². The lowest BCUT2D eigenvalue weighted by Gasteiger charge is -2.17. The Morgan fingerprint density at radius 3 is 2.43 bits per heavy atom. The Morgan fingerprint density at radius 1 is 1.09 bits per heavy atom. The molecule has 0 spiro atoms. The molecule has 0 aliphatic carbocycles. The Kier molecular flexibility index (Phi) is 6.72. The fraction of sp³-hybridized carbons (Fsp3) is 0.350. The summed E-state index contributed by atoms with van der Waals surface area (Å²) < 4.78 is 0. The predicted molar refractivity (Wildman–Crippen MR) is 99.7 cm³/mol. The Morgan fingerprint density at radius 2 is 1.78 bits per heavy atom. The average molecular weight is 327 g/mol. The van der Waals surface area contributed by atoms with Crippen molar-refractivity contribution in [1.82, 2.24) is 5.32 Å². The first kappa shape index (κ1) is 17.6. The topological polar surface area (TPSA) is 29.1 Å². The van der Waals surface area contributed by atoms with Crippen molar-refractivity contribution in [2.24, 2.45) is 0 Å². The van der Waals surface area contributed by atoms with E-state index in [0.717, 1.165) is 12.2 Å². The zero-order chi connectivity index (χ0) is 16.7. The third-order valence-corrected chi connectivity index (χ3v) is 4.96. The minimum absolute atomic E-state index is 0.0992. The SMILES string of the molecule is CC[C@H](NC(=O)CSCc1ccccc1C)c1ccc(C)cc1. The van der Waals surface area contributed by atoms with Crippen molar-refractivity contribution in [1.29, 1.82) is 0 Å². The first-order valence-corrected chi connectivity index (χ1v) is 9.23. The maximum absolute atomic E-state index is 12.2. The number of nitrogens with one attached hydrogen (secondary N) is 1. The van der Waals surface area contributed by atoms with E-state index >= 15 is 0 Å². The van der Waals surface area contributed by atoms with Crippen molar-refractivity contribution in [3.8, 4) is 0 Å². The molecule has 2 nitrogen and oxygen atoms in total. The number of carbonyl (C=O) groups excluding carboxylic acids is 1. The van der Waals surface area contributed by atoms with Gasteiger partial charge in [0.2, 0.25) is 5.91 Å². The van der Waals surface area contributed by atoms with E-state index in [-0.39, 0.29) is 11.9 Å². The summed E-state index contributed by atoms with van der Waals surface area (Å²) in [5.74, 6) is 1.48. The van der Waals surface area contributed by atoms with Crippen LogP contribution in [0.2, 0.25) is 0 Å². The molecule has 0 saturated heterocycles. The lowest BCUT2D eigenvalue weighted by Crippen LogP contribution is -2.29. The first-order chi connectivity index (χ1) is 11.1. The molecular weight excluding hydrogens is 302 g/mol. The maximum Gasteiger partial charge on any atom is 0.230 e. The van der Waals surface area contributed by atoms with Gasteiger partial charge < -0.3 is 5.32 Å². The lowest BCUT2D eigenvalue weighted by molar-refractivity contribution is -0.119. The van der Waals surface area contributed by atoms with E-state index in [1.165, 1.54) is 22.3 Å². The van der Waals surface area contributed by atoms with Crippen LogP contribution in [0.3, 0.4) is 0 Å². The molecule has 0 aromatic heterocycles. The molecule has 1 N–H and O–H groups in total. The summed E-state index contributed by atoms with van der Waals surface area (Å²) >= 11 is 1.67. The maximum atomic E-state index is 12.2. The largest absolute Gasteiger partial charge is 0.349 e. The highest BCUT2D eigenvalue weighted by molar-refractivity contribution is 7.99. The first-order valence-electron chi connectivity index (χ1n) is 8.08. The van der Waals surface area contributed by atoms with Crippen molar-refractivity contribution in [2.75, 3.05) is 5.75 Å². The quantitative estimate of drug-likeness (QED) is 0.791. The van der Waals surface area contributed by atoms with Crippen LogP contribution in [0.15, 0.2) is 48.5 Å². The normalized spacial score (nSPS) is 12.0. The molecule has 0 aliphatic rings. The molecule has 23 heavy (non-hydrogen) atoms. The van der Waals surface area contributed by atoms with E-state index in [0.29, 0.717) is 5.75 Å². The number of hydrogen-bond acceptors (Lipinski definition) is 2. The van der Waals surface area contributed by atoms with Gasteiger partial charge in [0.05, 0.1) is 11.8 Å². The molecule has 2 aromatic rings. The van der Waals surface area contributed by atoms with Gasteiger partial charge in [-0.2, -0.15) is 0 Å². The Hall–Kier alpha value is -1.74. The van der Waals surface area contributed by atoms with E-state index in [4.69, 9.17) is 0 Å². The minimum Gasteiger partial charge on any atom is -0.349 e. The van der Waals surface area contributed by atoms with E-state index in [1.807, 2.05) is 12.1 Å². The van der Waals surface area contributed by atoms with Crippen LogP contribution < -0.4 is 5.32 Å². The second kappa shape index (κ2) is 8.78. The van der Waals surface area contributed by atoms with Gasteiger partial charge >= 0.3 is 0 Å². The molecule has 0 aliphatic heterocycles. The molecule has 3 heteroatoms. The van der Waals surface area contributed by atoms with Gasteiger partial charge in [0.1, 0.15) is 0 Å². The molecule has 0 heterocycles. The molecule has 0 unspecified atom stereocenters. The van der Waals surface area contributed by atoms with Gasteiger partial charge in [-0.15, -0.1) is 11.8 Å². The van der Waals surface area contributed by atoms with Crippen LogP contribution in [0.4, 0.5) is 0 Å². The minimum atomic E-state index is 0.0992. The Balaban J connectivity index is 1.83. The number of rotatable bonds is 7. The molecule has 0 fully saturated rings.